The Hall–Kier alpha value is -2.24. The molecule has 1 saturated carbocycles. The van der Waals surface area contributed by atoms with Gasteiger partial charge < -0.3 is 19.9 Å². The molecule has 6 nitrogen and oxygen atoms in total. The minimum absolute atomic E-state index is 0.272. The molecular formula is C18H25NO5. The Bertz CT molecular complexity index is 614. The Morgan fingerprint density at radius 3 is 2.33 bits per heavy atom. The van der Waals surface area contributed by atoms with Crippen molar-refractivity contribution in [2.45, 2.75) is 45.1 Å². The van der Waals surface area contributed by atoms with Gasteiger partial charge in [-0.05, 0) is 37.5 Å². The molecule has 0 aromatic heterocycles. The minimum atomic E-state index is -0.841. The molecule has 1 fully saturated rings. The monoisotopic (exact) mass is 335 g/mol. The summed E-state index contributed by atoms with van der Waals surface area (Å²) in [6.45, 7) is 1.82. The van der Waals surface area contributed by atoms with Crippen LogP contribution in [0, 0.1) is 12.8 Å². The molecule has 2 N–H and O–H groups in total. The smallest absolute Gasteiger partial charge is 0.308 e. The van der Waals surface area contributed by atoms with Crippen LogP contribution in [0.15, 0.2) is 12.1 Å². The number of carboxylic acids is 1. The van der Waals surface area contributed by atoms with E-state index < -0.39 is 11.9 Å². The predicted molar refractivity (Wildman–Crippen MR) is 89.7 cm³/mol. The first-order valence-electron chi connectivity index (χ1n) is 8.24. The van der Waals surface area contributed by atoms with E-state index in [4.69, 9.17) is 9.47 Å². The summed E-state index contributed by atoms with van der Waals surface area (Å²) in [7, 11) is 3.06. The number of carbonyl (C=O) groups is 2. The minimum Gasteiger partial charge on any atom is -0.493 e. The first-order chi connectivity index (χ1) is 11.5. The van der Waals surface area contributed by atoms with Gasteiger partial charge in [0, 0.05) is 11.6 Å². The number of hydrogen-bond acceptors (Lipinski definition) is 4. The molecule has 2 rings (SSSR count). The summed E-state index contributed by atoms with van der Waals surface area (Å²) in [5, 5.41) is 12.4. The molecule has 1 aliphatic rings. The van der Waals surface area contributed by atoms with Crippen molar-refractivity contribution in [1.82, 2.24) is 5.32 Å². The van der Waals surface area contributed by atoms with Crippen LogP contribution in [0.4, 0.5) is 0 Å². The van der Waals surface area contributed by atoms with Crippen molar-refractivity contribution in [3.63, 3.8) is 0 Å². The molecule has 1 aliphatic carbocycles. The van der Waals surface area contributed by atoms with Gasteiger partial charge in [0.05, 0.1) is 20.1 Å². The van der Waals surface area contributed by atoms with Crippen LogP contribution in [-0.4, -0.2) is 37.2 Å². The van der Waals surface area contributed by atoms with E-state index in [0.717, 1.165) is 24.8 Å². The van der Waals surface area contributed by atoms with E-state index in [1.54, 1.807) is 19.2 Å². The van der Waals surface area contributed by atoms with Crippen molar-refractivity contribution in [2.24, 2.45) is 5.92 Å². The number of methoxy groups -OCH3 is 2. The zero-order chi connectivity index (χ0) is 17.7. The largest absolute Gasteiger partial charge is 0.493 e. The van der Waals surface area contributed by atoms with Crippen LogP contribution in [0.1, 0.15) is 48.0 Å². The van der Waals surface area contributed by atoms with E-state index >= 15 is 0 Å². The summed E-state index contributed by atoms with van der Waals surface area (Å²) < 4.78 is 10.5. The van der Waals surface area contributed by atoms with E-state index in [0.29, 0.717) is 29.9 Å². The highest BCUT2D eigenvalue weighted by Crippen LogP contribution is 2.31. The van der Waals surface area contributed by atoms with Crippen molar-refractivity contribution >= 4 is 11.9 Å². The SMILES string of the molecule is COc1cc(C)c(C(=O)N[C@H]2CCCCC[C@H]2C(=O)O)cc1OC. The van der Waals surface area contributed by atoms with Crippen molar-refractivity contribution in [3.05, 3.63) is 23.3 Å². The summed E-state index contributed by atoms with van der Waals surface area (Å²) in [6, 6.07) is 3.04. The van der Waals surface area contributed by atoms with Gasteiger partial charge in [0.25, 0.3) is 5.91 Å². The summed E-state index contributed by atoms with van der Waals surface area (Å²) in [5.74, 6) is -0.608. The van der Waals surface area contributed by atoms with Crippen LogP contribution < -0.4 is 14.8 Å². The number of benzene rings is 1. The molecule has 2 atom stereocenters. The standard InChI is InChI=1S/C18H25NO5/c1-11-9-15(23-2)16(24-3)10-13(11)17(20)19-14-8-6-4-5-7-12(14)18(21)22/h9-10,12,14H,4-8H2,1-3H3,(H,19,20)(H,21,22)/t12-,14+/m1/s1. The fourth-order valence-electron chi connectivity index (χ4n) is 3.25. The number of rotatable bonds is 5. The number of aliphatic carboxylic acids is 1. The number of carbonyl (C=O) groups excluding carboxylic acids is 1. The molecule has 0 radical (unpaired) electrons. The third kappa shape index (κ3) is 3.99. The van der Waals surface area contributed by atoms with Gasteiger partial charge in [-0.15, -0.1) is 0 Å². The molecule has 0 heterocycles. The number of ether oxygens (including phenoxy) is 2. The zero-order valence-electron chi connectivity index (χ0n) is 14.4. The summed E-state index contributed by atoms with van der Waals surface area (Å²) in [5.41, 5.74) is 1.23. The molecule has 0 aliphatic heterocycles. The fraction of sp³-hybridized carbons (Fsp3) is 0.556. The average Bonchev–Trinajstić information content (AvgIpc) is 2.79. The number of nitrogens with one attached hydrogen (secondary N) is 1. The van der Waals surface area contributed by atoms with Crippen LogP contribution in [0.2, 0.25) is 0 Å². The van der Waals surface area contributed by atoms with E-state index in [1.165, 1.54) is 7.11 Å². The average molecular weight is 335 g/mol. The van der Waals surface area contributed by atoms with E-state index in [1.807, 2.05) is 6.92 Å². The van der Waals surface area contributed by atoms with Crippen LogP contribution in [0.3, 0.4) is 0 Å². The maximum atomic E-state index is 12.7. The lowest BCUT2D eigenvalue weighted by atomic mass is 9.94. The lowest BCUT2D eigenvalue weighted by molar-refractivity contribution is -0.142. The molecule has 1 aromatic rings. The van der Waals surface area contributed by atoms with Crippen LogP contribution in [0.5, 0.6) is 11.5 Å². The Balaban J connectivity index is 2.23. The first kappa shape index (κ1) is 18.1. The van der Waals surface area contributed by atoms with Gasteiger partial charge in [0.1, 0.15) is 0 Å². The quantitative estimate of drug-likeness (QED) is 0.808. The van der Waals surface area contributed by atoms with Crippen molar-refractivity contribution in [3.8, 4) is 11.5 Å². The highest BCUT2D eigenvalue weighted by molar-refractivity contribution is 5.96. The second-order valence-electron chi connectivity index (χ2n) is 6.18. The zero-order valence-corrected chi connectivity index (χ0v) is 14.4. The van der Waals surface area contributed by atoms with Gasteiger partial charge in [-0.1, -0.05) is 19.3 Å². The molecule has 0 saturated heterocycles. The van der Waals surface area contributed by atoms with Crippen molar-refractivity contribution in [1.29, 1.82) is 0 Å². The number of hydrogen-bond donors (Lipinski definition) is 2. The second-order valence-corrected chi connectivity index (χ2v) is 6.18. The van der Waals surface area contributed by atoms with Gasteiger partial charge >= 0.3 is 5.97 Å². The molecule has 0 bridgehead atoms. The number of carboxylic acid groups (broad SMARTS) is 1. The van der Waals surface area contributed by atoms with Crippen molar-refractivity contribution in [2.75, 3.05) is 14.2 Å². The number of amides is 1. The van der Waals surface area contributed by atoms with Crippen molar-refractivity contribution < 1.29 is 24.2 Å². The highest BCUT2D eigenvalue weighted by Gasteiger charge is 2.31. The lowest BCUT2D eigenvalue weighted by Crippen LogP contribution is -2.43. The fourth-order valence-corrected chi connectivity index (χ4v) is 3.25. The first-order valence-corrected chi connectivity index (χ1v) is 8.24. The predicted octanol–water partition coefficient (Wildman–Crippen LogP) is 2.78. The maximum Gasteiger partial charge on any atom is 0.308 e. The molecule has 0 spiro atoms. The Labute approximate surface area is 142 Å². The summed E-state index contributed by atoms with van der Waals surface area (Å²) in [6.07, 6.45) is 4.12. The highest BCUT2D eigenvalue weighted by atomic mass is 16.5. The van der Waals surface area contributed by atoms with E-state index in [-0.39, 0.29) is 11.9 Å². The normalized spacial score (nSPS) is 20.8. The Kier molecular flexibility index (Phi) is 6.06. The summed E-state index contributed by atoms with van der Waals surface area (Å²) >= 11 is 0. The topological polar surface area (TPSA) is 84.9 Å². The summed E-state index contributed by atoms with van der Waals surface area (Å²) in [4.78, 5) is 24.2. The van der Waals surface area contributed by atoms with E-state index in [2.05, 4.69) is 5.32 Å². The molecule has 1 amide bonds. The lowest BCUT2D eigenvalue weighted by Gasteiger charge is -2.23. The van der Waals surface area contributed by atoms with Crippen LogP contribution in [-0.2, 0) is 4.79 Å². The van der Waals surface area contributed by atoms with Gasteiger partial charge in [0.15, 0.2) is 11.5 Å². The Morgan fingerprint density at radius 1 is 1.08 bits per heavy atom. The van der Waals surface area contributed by atoms with Gasteiger partial charge in [-0.3, -0.25) is 9.59 Å². The third-order valence-electron chi connectivity index (χ3n) is 4.62. The van der Waals surface area contributed by atoms with E-state index in [9.17, 15) is 14.7 Å². The Morgan fingerprint density at radius 2 is 1.71 bits per heavy atom. The number of aryl methyl sites for hydroxylation is 1. The van der Waals surface area contributed by atoms with Gasteiger partial charge in [-0.25, -0.2) is 0 Å². The molecule has 132 valence electrons. The molecule has 24 heavy (non-hydrogen) atoms. The van der Waals surface area contributed by atoms with Gasteiger partial charge in [0.2, 0.25) is 0 Å². The van der Waals surface area contributed by atoms with Crippen LogP contribution >= 0.6 is 0 Å². The van der Waals surface area contributed by atoms with Crippen LogP contribution in [0.25, 0.3) is 0 Å². The van der Waals surface area contributed by atoms with Gasteiger partial charge in [-0.2, -0.15) is 0 Å². The molecule has 6 heteroatoms. The molecule has 1 aromatic carbocycles. The second kappa shape index (κ2) is 8.04. The third-order valence-corrected chi connectivity index (χ3v) is 4.62. The molecule has 0 unspecified atom stereocenters. The molecular weight excluding hydrogens is 310 g/mol. The maximum absolute atomic E-state index is 12.7.